The highest BCUT2D eigenvalue weighted by Crippen LogP contribution is 2.52. The number of carbonyl (C=O) groups is 1. The molecule has 1 aliphatic heterocycles. The van der Waals surface area contributed by atoms with Crippen LogP contribution in [0.25, 0.3) is 0 Å². The Balaban J connectivity index is 1.59. The fraction of sp³-hybridized carbons (Fsp3) is 0.276. The van der Waals surface area contributed by atoms with Crippen molar-refractivity contribution in [1.29, 1.82) is 0 Å². The van der Waals surface area contributed by atoms with Crippen molar-refractivity contribution in [3.8, 4) is 11.5 Å². The summed E-state index contributed by atoms with van der Waals surface area (Å²) in [6.45, 7) is 5.77. The number of hydrogen-bond donors (Lipinski definition) is 0. The molecule has 0 aromatic heterocycles. The van der Waals surface area contributed by atoms with Crippen LogP contribution < -0.4 is 9.05 Å². The second-order valence-corrected chi connectivity index (χ2v) is 11.1. The fourth-order valence-corrected chi connectivity index (χ4v) is 4.79. The molecule has 39 heavy (non-hydrogen) atoms. The highest BCUT2D eigenvalue weighted by atomic mass is 31.2. The number of phosphoric acid groups is 1. The van der Waals surface area contributed by atoms with E-state index in [1.165, 1.54) is 11.2 Å². The standard InChI is InChI=1S/C29H32NO8P/c1-29(2,3)35-28(31)30-24(20-33-19-23-13-7-4-8-14-23)21-34-22-27(30)38-39(32,36-25-15-9-5-10-16-25)37-26-17-11-6-12-18-26/h4-18,22,24H,19-21H2,1-3H3/t24-/m1/s1. The summed E-state index contributed by atoms with van der Waals surface area (Å²) in [4.78, 5) is 14.6. The molecule has 4 rings (SSSR count). The quantitative estimate of drug-likeness (QED) is 0.250. The Labute approximate surface area is 228 Å². The maximum absolute atomic E-state index is 14.0. The molecule has 0 unspecified atom stereocenters. The van der Waals surface area contributed by atoms with Gasteiger partial charge in [-0.2, -0.15) is 4.57 Å². The molecule has 0 saturated heterocycles. The van der Waals surface area contributed by atoms with Gasteiger partial charge >= 0.3 is 13.9 Å². The van der Waals surface area contributed by atoms with Gasteiger partial charge in [0.2, 0.25) is 5.88 Å². The zero-order valence-electron chi connectivity index (χ0n) is 22.1. The molecule has 206 valence electrons. The zero-order valence-corrected chi connectivity index (χ0v) is 23.0. The first-order valence-electron chi connectivity index (χ1n) is 12.5. The van der Waals surface area contributed by atoms with Gasteiger partial charge in [-0.05, 0) is 50.6 Å². The smallest absolute Gasteiger partial charge is 0.493 e. The summed E-state index contributed by atoms with van der Waals surface area (Å²) in [7, 11) is -4.40. The lowest BCUT2D eigenvalue weighted by atomic mass is 10.2. The van der Waals surface area contributed by atoms with Gasteiger partial charge < -0.3 is 27.8 Å². The van der Waals surface area contributed by atoms with Crippen LogP contribution in [0.15, 0.2) is 103 Å². The van der Waals surface area contributed by atoms with E-state index in [0.29, 0.717) is 6.61 Å². The predicted octanol–water partition coefficient (Wildman–Crippen LogP) is 6.92. The van der Waals surface area contributed by atoms with Crippen LogP contribution in [-0.2, 0) is 29.9 Å². The normalized spacial score (nSPS) is 15.5. The van der Waals surface area contributed by atoms with E-state index in [1.807, 2.05) is 30.3 Å². The number of rotatable bonds is 10. The van der Waals surface area contributed by atoms with E-state index in [-0.39, 0.29) is 30.6 Å². The van der Waals surface area contributed by atoms with Crippen molar-refractivity contribution >= 4 is 13.9 Å². The van der Waals surface area contributed by atoms with Gasteiger partial charge in [-0.25, -0.2) is 9.69 Å². The molecule has 0 saturated carbocycles. The van der Waals surface area contributed by atoms with Crippen molar-refractivity contribution in [3.05, 3.63) is 109 Å². The minimum Gasteiger partial charge on any atom is -0.493 e. The summed E-state index contributed by atoms with van der Waals surface area (Å²) in [5.41, 5.74) is 0.169. The summed E-state index contributed by atoms with van der Waals surface area (Å²) in [6, 6.07) is 25.9. The van der Waals surface area contributed by atoms with Gasteiger partial charge in [0.15, 0.2) is 0 Å². The second kappa shape index (κ2) is 12.7. The van der Waals surface area contributed by atoms with Crippen LogP contribution in [0.2, 0.25) is 0 Å². The SMILES string of the molecule is CC(C)(C)OC(=O)N1C(OP(=O)(Oc2ccccc2)Oc2ccccc2)=COC[C@H]1COCc1ccccc1. The van der Waals surface area contributed by atoms with Gasteiger partial charge in [-0.3, -0.25) is 0 Å². The molecule has 1 heterocycles. The molecule has 1 atom stereocenters. The van der Waals surface area contributed by atoms with E-state index in [1.54, 1.807) is 81.4 Å². The van der Waals surface area contributed by atoms with Gasteiger partial charge in [0, 0.05) is 0 Å². The number of hydrogen-bond acceptors (Lipinski definition) is 8. The Morgan fingerprint density at radius 2 is 1.41 bits per heavy atom. The average molecular weight is 554 g/mol. The van der Waals surface area contributed by atoms with E-state index in [9.17, 15) is 9.36 Å². The van der Waals surface area contributed by atoms with Crippen LogP contribution in [0.4, 0.5) is 4.79 Å². The first-order valence-corrected chi connectivity index (χ1v) is 13.9. The summed E-state index contributed by atoms with van der Waals surface area (Å²) >= 11 is 0. The molecule has 0 bridgehead atoms. The first-order chi connectivity index (χ1) is 18.7. The Morgan fingerprint density at radius 1 is 0.872 bits per heavy atom. The fourth-order valence-electron chi connectivity index (χ4n) is 3.56. The Morgan fingerprint density at radius 3 is 1.95 bits per heavy atom. The summed E-state index contributed by atoms with van der Waals surface area (Å²) < 4.78 is 48.4. The molecule has 0 aliphatic carbocycles. The molecule has 1 aliphatic rings. The largest absolute Gasteiger partial charge is 0.648 e. The lowest BCUT2D eigenvalue weighted by molar-refractivity contribution is -0.0308. The molecule has 9 nitrogen and oxygen atoms in total. The monoisotopic (exact) mass is 553 g/mol. The topological polar surface area (TPSA) is 92.8 Å². The van der Waals surface area contributed by atoms with Crippen molar-refractivity contribution in [1.82, 2.24) is 4.90 Å². The molecule has 0 fully saturated rings. The predicted molar refractivity (Wildman–Crippen MR) is 145 cm³/mol. The summed E-state index contributed by atoms with van der Waals surface area (Å²) in [6.07, 6.45) is 0.462. The summed E-state index contributed by atoms with van der Waals surface area (Å²) in [5, 5.41) is 0. The first kappa shape index (κ1) is 28.1. The van der Waals surface area contributed by atoms with Crippen molar-refractivity contribution in [2.75, 3.05) is 13.2 Å². The molecular weight excluding hydrogens is 521 g/mol. The third kappa shape index (κ3) is 8.53. The highest BCUT2D eigenvalue weighted by Gasteiger charge is 2.42. The molecule has 0 spiro atoms. The molecular formula is C29H32NO8P. The highest BCUT2D eigenvalue weighted by molar-refractivity contribution is 7.49. The molecule has 3 aromatic carbocycles. The average Bonchev–Trinajstić information content (AvgIpc) is 2.89. The van der Waals surface area contributed by atoms with Gasteiger partial charge in [0.05, 0.1) is 13.2 Å². The van der Waals surface area contributed by atoms with E-state index in [4.69, 9.17) is 27.8 Å². The number of para-hydroxylation sites is 2. The van der Waals surface area contributed by atoms with E-state index >= 15 is 0 Å². The third-order valence-electron chi connectivity index (χ3n) is 5.21. The Kier molecular flexibility index (Phi) is 9.17. The number of carbonyl (C=O) groups excluding carboxylic acids is 1. The third-order valence-corrected chi connectivity index (χ3v) is 6.49. The van der Waals surface area contributed by atoms with Gasteiger partial charge in [-0.1, -0.05) is 66.7 Å². The Hall–Kier alpha value is -3.94. The molecule has 10 heteroatoms. The zero-order chi connectivity index (χ0) is 27.7. The molecule has 3 aromatic rings. The van der Waals surface area contributed by atoms with E-state index < -0.39 is 25.6 Å². The Bertz CT molecular complexity index is 1230. The van der Waals surface area contributed by atoms with Crippen molar-refractivity contribution in [2.45, 2.75) is 39.0 Å². The van der Waals surface area contributed by atoms with Crippen molar-refractivity contribution < 1.29 is 37.1 Å². The number of benzene rings is 3. The van der Waals surface area contributed by atoms with Crippen LogP contribution in [0.3, 0.4) is 0 Å². The lowest BCUT2D eigenvalue weighted by Crippen LogP contribution is -2.49. The minimum absolute atomic E-state index is 0.0955. The lowest BCUT2D eigenvalue weighted by Gasteiger charge is -2.36. The van der Waals surface area contributed by atoms with Crippen LogP contribution in [0.1, 0.15) is 26.3 Å². The number of nitrogens with zero attached hydrogens (tertiary/aromatic N) is 1. The van der Waals surface area contributed by atoms with Crippen molar-refractivity contribution in [3.63, 3.8) is 0 Å². The van der Waals surface area contributed by atoms with Crippen molar-refractivity contribution in [2.24, 2.45) is 0 Å². The summed E-state index contributed by atoms with van der Waals surface area (Å²) in [5.74, 6) is 0.306. The minimum atomic E-state index is -4.40. The van der Waals surface area contributed by atoms with Crippen LogP contribution >= 0.6 is 7.82 Å². The number of phosphoric ester groups is 1. The molecule has 0 radical (unpaired) electrons. The van der Waals surface area contributed by atoms with Gasteiger partial charge in [-0.15, -0.1) is 0 Å². The van der Waals surface area contributed by atoms with E-state index in [2.05, 4.69) is 0 Å². The molecule has 1 amide bonds. The van der Waals surface area contributed by atoms with Crippen LogP contribution in [0.5, 0.6) is 11.5 Å². The molecule has 0 N–H and O–H groups in total. The maximum Gasteiger partial charge on any atom is 0.648 e. The second-order valence-electron chi connectivity index (χ2n) is 9.64. The number of ether oxygens (including phenoxy) is 3. The van der Waals surface area contributed by atoms with E-state index in [0.717, 1.165) is 5.56 Å². The van der Waals surface area contributed by atoms with Crippen LogP contribution in [-0.4, -0.2) is 35.8 Å². The van der Waals surface area contributed by atoms with Gasteiger partial charge in [0.25, 0.3) is 0 Å². The maximum atomic E-state index is 14.0. The van der Waals surface area contributed by atoms with Gasteiger partial charge in [0.1, 0.15) is 36.0 Å². The number of amides is 1. The van der Waals surface area contributed by atoms with Crippen LogP contribution in [0, 0.1) is 0 Å².